The van der Waals surface area contributed by atoms with Crippen molar-refractivity contribution in [3.05, 3.63) is 4.93 Å². The van der Waals surface area contributed by atoms with Gasteiger partial charge in [-0.2, -0.15) is 0 Å². The van der Waals surface area contributed by atoms with Crippen LogP contribution in [0.5, 0.6) is 0 Å². The second kappa shape index (κ2) is 117. The molecule has 0 aromatic carbocycles. The summed E-state index contributed by atoms with van der Waals surface area (Å²) in [5.41, 5.74) is 0. The maximum absolute atomic E-state index is 3.22. The van der Waals surface area contributed by atoms with Crippen LogP contribution in [0.4, 0.5) is 0 Å². The summed E-state index contributed by atoms with van der Waals surface area (Å²) >= 11 is 48.3. The fourth-order valence-electron chi connectivity index (χ4n) is 0. The minimum absolute atomic E-state index is 0. The number of rotatable bonds is 0. The van der Waals surface area contributed by atoms with E-state index in [9.17, 15) is 0 Å². The quantitative estimate of drug-likeness (QED) is 0.129. The third kappa shape index (κ3) is 471. The molecule has 0 rings (SSSR count). The number of alkyl halides is 17. The van der Waals surface area contributed by atoms with Crippen LogP contribution in [0.15, 0.2) is 0 Å². The Labute approximate surface area is 547 Å². The monoisotopic (exact) mass is 3080 g/mol. The van der Waals surface area contributed by atoms with Crippen molar-refractivity contribution in [3.63, 3.8) is 0 Å². The predicted molar refractivity (Wildman–Crippen MR) is 380 cm³/mol. The van der Waals surface area contributed by atoms with Crippen LogP contribution in [-0.4, -0.2) is 9.55 Å². The van der Waals surface area contributed by atoms with Crippen molar-refractivity contribution in [1.82, 2.24) is 0 Å². The van der Waals surface area contributed by atoms with E-state index in [1.54, 1.807) is 0 Å². The van der Waals surface area contributed by atoms with Crippen molar-refractivity contribution in [3.8, 4) is 0 Å². The van der Waals surface area contributed by atoms with Crippen LogP contribution in [0.2, 0.25) is 0 Å². The Bertz CT molecular complexity index is 120. The molecule has 0 aliphatic carbocycles. The van der Waals surface area contributed by atoms with Gasteiger partial charge in [-0.05, 0) is 9.86 Å². The van der Waals surface area contributed by atoms with Crippen LogP contribution < -0.4 is 0 Å². The Balaban J connectivity index is -0.00000000947. The van der Waals surface area contributed by atoms with Crippen LogP contribution in [0.25, 0.3) is 0 Å². The molecule has 0 aliphatic rings. The molecular formula is C13H34I22V2-. The average molecular weight is 3080 g/mol. The van der Waals surface area contributed by atoms with Gasteiger partial charge in [-0.3, -0.25) is 4.93 Å². The average Bonchev–Trinajstić information content (AvgIpc) is 2.49. The first-order chi connectivity index (χ1) is 13.4. The topological polar surface area (TPSA) is 0 Å². The van der Waals surface area contributed by atoms with E-state index >= 15 is 0 Å². The maximum atomic E-state index is 3.22. The summed E-state index contributed by atoms with van der Waals surface area (Å²) < 4.78 is 3.72. The van der Waals surface area contributed by atoms with Gasteiger partial charge in [0.05, 0.1) is 0 Å². The molecule has 0 aliphatic heterocycles. The maximum Gasteiger partial charge on any atom is 0 e. The minimum atomic E-state index is -0.278. The molecule has 0 spiro atoms. The van der Waals surface area contributed by atoms with Crippen molar-refractivity contribution < 1.29 is 23.5 Å². The van der Waals surface area contributed by atoms with E-state index in [0.717, 1.165) is -0.310 Å². The van der Waals surface area contributed by atoms with Gasteiger partial charge < -0.3 is 22.6 Å². The van der Waals surface area contributed by atoms with Crippen molar-refractivity contribution in [2.24, 2.45) is 0 Å². The molecule has 0 fully saturated rings. The van der Waals surface area contributed by atoms with E-state index < -0.39 is 0 Å². The van der Waals surface area contributed by atoms with Gasteiger partial charge >= 0.3 is 64.9 Å². The summed E-state index contributed by atoms with van der Waals surface area (Å²) in [6, 6.07) is 0. The van der Waals surface area contributed by atoms with E-state index in [0.29, 0.717) is 0 Å². The third-order valence-electron chi connectivity index (χ3n) is 0. The normalized spacial score (nSPS) is 6.32. The van der Waals surface area contributed by atoms with Crippen LogP contribution in [0, 0.1) is 4.93 Å². The van der Waals surface area contributed by atoms with Gasteiger partial charge in [-0.15, -0.1) is 24.0 Å². The summed E-state index contributed by atoms with van der Waals surface area (Å²) in [5.74, 6) is 0. The molecule has 0 saturated heterocycles. The first-order valence-corrected chi connectivity index (χ1v) is 42.8. The standard InChI is InChI=1S/5CHI3.2CH3I.CH2I.5CH4.4HI.2V/c5*2-1(3)4;3*1-2;;;;;;;;;;;/h5*1H;2*1H3;1H2;5*1H4;4*1H;;/q;;;;;;;-1;;;;;;;;;;;+3/p-3. The molecule has 0 aromatic rings. The fraction of sp³-hybridized carbons (Fsp3) is 0.923. The SMILES string of the molecule is C.C.C.C.C.CI.CI.I.IC(I)I.IC(I)I.IC(I)I.IC(I)I.IC(I)I.[CH2-]I.[I][V]([I])[I].[V]. The molecule has 1 radical (unpaired) electrons. The van der Waals surface area contributed by atoms with E-state index in [4.69, 9.17) is 0 Å². The van der Waals surface area contributed by atoms with E-state index in [1.165, 1.54) is 0 Å². The zero-order valence-electron chi connectivity index (χ0n) is 14.8. The molecule has 37 heavy (non-hydrogen) atoms. The second-order valence-corrected chi connectivity index (χ2v) is 91.2. The molecule has 251 valence electrons. The minimum Gasteiger partial charge on any atom is 0 e. The van der Waals surface area contributed by atoms with E-state index in [-0.39, 0.29) is 84.6 Å². The van der Waals surface area contributed by atoms with Gasteiger partial charge in [0.15, 0.2) is 0 Å². The van der Waals surface area contributed by atoms with Crippen LogP contribution >= 0.6 is 491 Å². The summed E-state index contributed by atoms with van der Waals surface area (Å²) in [6.45, 7) is 0. The predicted octanol–water partition coefficient (Wildman–Crippen LogP) is 22.6. The zero-order valence-corrected chi connectivity index (χ0v) is 65.3. The van der Waals surface area contributed by atoms with Crippen LogP contribution in [0.1, 0.15) is 37.1 Å². The molecule has 0 heterocycles. The fourth-order valence-corrected chi connectivity index (χ4v) is 0. The van der Waals surface area contributed by atoms with E-state index in [1.807, 2.05) is 32.5 Å². The molecule has 0 amide bonds. The second-order valence-electron chi connectivity index (χ2n) is 1.43. The molecule has 0 N–H and O–H groups in total. The van der Waals surface area contributed by atoms with Crippen molar-refractivity contribution in [1.29, 1.82) is 0 Å². The molecule has 0 atom stereocenters. The van der Waals surface area contributed by atoms with Crippen LogP contribution in [0.3, 0.4) is 0 Å². The molecule has 0 unspecified atom stereocenters. The van der Waals surface area contributed by atoms with Crippen LogP contribution in [-0.2, 0) is 23.5 Å². The van der Waals surface area contributed by atoms with Gasteiger partial charge in [0.2, 0.25) is 0 Å². The van der Waals surface area contributed by atoms with Gasteiger partial charge in [-0.1, -0.05) is 421 Å². The Morgan fingerprint density at radius 1 is 0.378 bits per heavy atom. The summed E-state index contributed by atoms with van der Waals surface area (Å²) in [6.07, 6.45) is 0. The van der Waals surface area contributed by atoms with Crippen molar-refractivity contribution in [2.75, 3.05) is 9.86 Å². The summed E-state index contributed by atoms with van der Waals surface area (Å²) in [5, 5.41) is 0. The number of hydrogen-bond donors (Lipinski definition) is 0. The van der Waals surface area contributed by atoms with Gasteiger partial charge in [0.25, 0.3) is 0 Å². The van der Waals surface area contributed by atoms with Crippen molar-refractivity contribution in [2.45, 2.75) is 36.8 Å². The number of hydrogen-bond acceptors (Lipinski definition) is 0. The van der Waals surface area contributed by atoms with Gasteiger partial charge in [0.1, 0.15) is -0.310 Å². The Kier molecular flexibility index (Phi) is 332. The first kappa shape index (κ1) is 105. The largest absolute Gasteiger partial charge is 0 e. The summed E-state index contributed by atoms with van der Waals surface area (Å²) in [7, 11) is 0. The molecule has 0 saturated carbocycles. The Hall–Kier alpha value is 17.2. The third-order valence-corrected chi connectivity index (χ3v) is 0. The summed E-state index contributed by atoms with van der Waals surface area (Å²) in [4.78, 5) is 6.88. The number of halogens is 22. The molecule has 0 aromatic heterocycles. The first-order valence-electron chi connectivity index (χ1n) is 4.80. The zero-order chi connectivity index (χ0) is 27.5. The van der Waals surface area contributed by atoms with Gasteiger partial charge in [0, 0.05) is 18.6 Å². The molecule has 0 bridgehead atoms. The Morgan fingerprint density at radius 3 is 0.378 bits per heavy atom. The van der Waals surface area contributed by atoms with Crippen molar-refractivity contribution >= 4 is 491 Å². The smallest absolute Gasteiger partial charge is 0 e. The molecule has 0 nitrogen and oxygen atoms in total. The molecular weight excluding hydrogens is 3050 g/mol. The van der Waals surface area contributed by atoms with E-state index in [2.05, 4.69) is 449 Å². The van der Waals surface area contributed by atoms with Gasteiger partial charge in [-0.25, -0.2) is 0 Å². The molecule has 24 heteroatoms. The Morgan fingerprint density at radius 2 is 0.378 bits per heavy atom.